The summed E-state index contributed by atoms with van der Waals surface area (Å²) >= 11 is 0. The second-order valence-electron chi connectivity index (χ2n) is 9.29. The van der Waals surface area contributed by atoms with Gasteiger partial charge in [0.15, 0.2) is 0 Å². The monoisotopic (exact) mass is 415 g/mol. The van der Waals surface area contributed by atoms with Gasteiger partial charge in [0.1, 0.15) is 6.54 Å². The van der Waals surface area contributed by atoms with Crippen molar-refractivity contribution in [2.24, 2.45) is 29.6 Å². The molecule has 2 aliphatic heterocycles. The zero-order valence-electron chi connectivity index (χ0n) is 17.8. The average Bonchev–Trinajstić information content (AvgIpc) is 3.43. The number of unbranched alkanes of at least 4 members (excludes halogenated alkanes) is 3. The van der Waals surface area contributed by atoms with Crippen molar-refractivity contribution in [2.45, 2.75) is 51.9 Å². The van der Waals surface area contributed by atoms with Crippen molar-refractivity contribution in [3.63, 3.8) is 0 Å². The summed E-state index contributed by atoms with van der Waals surface area (Å²) < 4.78 is 0. The van der Waals surface area contributed by atoms with Crippen molar-refractivity contribution in [1.29, 1.82) is 0 Å². The van der Waals surface area contributed by atoms with Gasteiger partial charge in [-0.15, -0.1) is 0 Å². The molecule has 3 fully saturated rings. The molecule has 7 heteroatoms. The van der Waals surface area contributed by atoms with Crippen LogP contribution >= 0.6 is 0 Å². The van der Waals surface area contributed by atoms with Crippen LogP contribution in [0.4, 0.5) is 0 Å². The van der Waals surface area contributed by atoms with Gasteiger partial charge in [0.05, 0.1) is 17.8 Å². The molecule has 5 atom stereocenters. The molecule has 0 radical (unpaired) electrons. The number of rotatable bonds is 8. The number of piperidine rings is 1. The van der Waals surface area contributed by atoms with Crippen molar-refractivity contribution >= 4 is 23.6 Å². The highest BCUT2D eigenvalue weighted by molar-refractivity contribution is 6.08. The summed E-state index contributed by atoms with van der Waals surface area (Å²) in [6, 6.07) is 0. The van der Waals surface area contributed by atoms with Crippen molar-refractivity contribution in [3.8, 4) is 0 Å². The Balaban J connectivity index is 1.28. The molecule has 4 aliphatic rings. The summed E-state index contributed by atoms with van der Waals surface area (Å²) in [5.41, 5.74) is 0. The Morgan fingerprint density at radius 3 is 2.43 bits per heavy atom. The van der Waals surface area contributed by atoms with E-state index in [1.54, 1.807) is 4.90 Å². The first-order valence-corrected chi connectivity index (χ1v) is 11.6. The molecular weight excluding hydrogens is 382 g/mol. The van der Waals surface area contributed by atoms with Gasteiger partial charge in [-0.2, -0.15) is 0 Å². The fraction of sp³-hybridized carbons (Fsp3) is 0.739. The summed E-state index contributed by atoms with van der Waals surface area (Å²) in [7, 11) is 0. The maximum Gasteiger partial charge on any atom is 0.242 e. The largest absolute Gasteiger partial charge is 0.356 e. The molecule has 0 aromatic carbocycles. The summed E-state index contributed by atoms with van der Waals surface area (Å²) in [5, 5.41) is 3.00. The minimum Gasteiger partial charge on any atom is -0.356 e. The highest BCUT2D eigenvalue weighted by Gasteiger charge is 2.59. The molecular formula is C23H33N3O4. The van der Waals surface area contributed by atoms with Gasteiger partial charge < -0.3 is 10.2 Å². The van der Waals surface area contributed by atoms with E-state index in [-0.39, 0.29) is 59.8 Å². The normalized spacial score (nSPS) is 32.1. The van der Waals surface area contributed by atoms with Gasteiger partial charge >= 0.3 is 0 Å². The van der Waals surface area contributed by atoms with Crippen LogP contribution in [0.5, 0.6) is 0 Å². The van der Waals surface area contributed by atoms with Crippen LogP contribution in [0.15, 0.2) is 12.2 Å². The fourth-order valence-corrected chi connectivity index (χ4v) is 5.68. The third-order valence-electron chi connectivity index (χ3n) is 7.33. The highest BCUT2D eigenvalue weighted by Crippen LogP contribution is 2.52. The SMILES string of the molecule is CCCCCCNC(=O)C1CCCN(C(=O)CN2C(=O)C3C4C=CC(C4)C3C2=O)C1. The number of hydrogen-bond donors (Lipinski definition) is 1. The van der Waals surface area contributed by atoms with Gasteiger partial charge in [0.25, 0.3) is 0 Å². The third-order valence-corrected chi connectivity index (χ3v) is 7.33. The molecule has 0 spiro atoms. The van der Waals surface area contributed by atoms with Gasteiger partial charge in [-0.05, 0) is 37.5 Å². The Morgan fingerprint density at radius 1 is 1.07 bits per heavy atom. The Morgan fingerprint density at radius 2 is 1.77 bits per heavy atom. The minimum absolute atomic E-state index is 0.00880. The fourth-order valence-electron chi connectivity index (χ4n) is 5.68. The molecule has 0 aromatic rings. The third kappa shape index (κ3) is 3.91. The lowest BCUT2D eigenvalue weighted by Crippen LogP contribution is -2.49. The molecule has 1 saturated carbocycles. The second kappa shape index (κ2) is 8.90. The standard InChI is InChI=1S/C23H33N3O4/c1-2-3-4-5-10-24-21(28)17-7-6-11-25(13-17)18(27)14-26-22(29)19-15-8-9-16(12-15)20(19)23(26)30/h8-9,15-17,19-20H,2-7,10-14H2,1H3,(H,24,28). The number of carbonyl (C=O) groups excluding carboxylic acids is 4. The molecule has 30 heavy (non-hydrogen) atoms. The summed E-state index contributed by atoms with van der Waals surface area (Å²) in [5.74, 6) is -1.04. The van der Waals surface area contributed by atoms with E-state index in [4.69, 9.17) is 0 Å². The van der Waals surface area contributed by atoms with Gasteiger partial charge in [0.2, 0.25) is 23.6 Å². The molecule has 2 saturated heterocycles. The van der Waals surface area contributed by atoms with Crippen molar-refractivity contribution in [1.82, 2.24) is 15.1 Å². The number of nitrogens with one attached hydrogen (secondary N) is 1. The number of likely N-dealkylation sites (tertiary alicyclic amines) is 2. The lowest BCUT2D eigenvalue weighted by atomic mass is 9.85. The Hall–Kier alpha value is -2.18. The lowest BCUT2D eigenvalue weighted by Gasteiger charge is -2.33. The molecule has 0 aromatic heterocycles. The molecule has 5 unspecified atom stereocenters. The first-order valence-electron chi connectivity index (χ1n) is 11.6. The van der Waals surface area contributed by atoms with Crippen LogP contribution in [0.2, 0.25) is 0 Å². The van der Waals surface area contributed by atoms with E-state index in [9.17, 15) is 19.2 Å². The average molecular weight is 416 g/mol. The molecule has 4 amide bonds. The van der Waals surface area contributed by atoms with E-state index in [1.165, 1.54) is 11.3 Å². The Bertz CT molecular complexity index is 719. The quantitative estimate of drug-likeness (QED) is 0.372. The minimum atomic E-state index is -0.270. The maximum absolute atomic E-state index is 12.9. The van der Waals surface area contributed by atoms with Gasteiger partial charge in [-0.25, -0.2) is 0 Å². The predicted molar refractivity (Wildman–Crippen MR) is 111 cm³/mol. The predicted octanol–water partition coefficient (Wildman–Crippen LogP) is 1.73. The Kier molecular flexibility index (Phi) is 6.25. The molecule has 2 aliphatic carbocycles. The van der Waals surface area contributed by atoms with Gasteiger partial charge in [-0.3, -0.25) is 24.1 Å². The zero-order chi connectivity index (χ0) is 21.3. The number of imide groups is 1. The topological polar surface area (TPSA) is 86.8 Å². The van der Waals surface area contributed by atoms with Crippen molar-refractivity contribution < 1.29 is 19.2 Å². The van der Waals surface area contributed by atoms with Crippen LogP contribution in [0.25, 0.3) is 0 Å². The van der Waals surface area contributed by atoms with E-state index in [0.29, 0.717) is 19.6 Å². The zero-order valence-corrected chi connectivity index (χ0v) is 17.8. The van der Waals surface area contributed by atoms with E-state index < -0.39 is 0 Å². The number of allylic oxidation sites excluding steroid dienone is 2. The molecule has 2 bridgehead atoms. The van der Waals surface area contributed by atoms with Gasteiger partial charge in [-0.1, -0.05) is 38.3 Å². The van der Waals surface area contributed by atoms with Crippen LogP contribution in [-0.2, 0) is 19.2 Å². The second-order valence-corrected chi connectivity index (χ2v) is 9.29. The van der Waals surface area contributed by atoms with E-state index in [0.717, 1.165) is 38.5 Å². The van der Waals surface area contributed by atoms with Crippen LogP contribution < -0.4 is 5.32 Å². The Labute approximate surface area is 178 Å². The van der Waals surface area contributed by atoms with Crippen LogP contribution in [0.3, 0.4) is 0 Å². The first-order chi connectivity index (χ1) is 14.5. The van der Waals surface area contributed by atoms with Crippen LogP contribution in [-0.4, -0.2) is 59.6 Å². The van der Waals surface area contributed by atoms with Crippen molar-refractivity contribution in [2.75, 3.05) is 26.2 Å². The van der Waals surface area contributed by atoms with E-state index >= 15 is 0 Å². The maximum atomic E-state index is 12.9. The van der Waals surface area contributed by atoms with E-state index in [2.05, 4.69) is 24.4 Å². The van der Waals surface area contributed by atoms with E-state index in [1.807, 2.05) is 0 Å². The van der Waals surface area contributed by atoms with Crippen molar-refractivity contribution in [3.05, 3.63) is 12.2 Å². The molecule has 4 rings (SSSR count). The smallest absolute Gasteiger partial charge is 0.242 e. The number of amides is 4. The summed E-state index contributed by atoms with van der Waals surface area (Å²) in [6.45, 7) is 3.60. The first kappa shape index (κ1) is 21.1. The molecule has 164 valence electrons. The molecule has 7 nitrogen and oxygen atoms in total. The van der Waals surface area contributed by atoms with Crippen LogP contribution in [0, 0.1) is 29.6 Å². The molecule has 2 heterocycles. The number of fused-ring (bicyclic) bond motifs is 5. The van der Waals surface area contributed by atoms with Crippen LogP contribution in [0.1, 0.15) is 51.9 Å². The summed E-state index contributed by atoms with van der Waals surface area (Å²) in [6.07, 6.45) is 11.0. The number of hydrogen-bond acceptors (Lipinski definition) is 4. The summed E-state index contributed by atoms with van der Waals surface area (Å²) in [4.78, 5) is 53.8. The highest BCUT2D eigenvalue weighted by atomic mass is 16.2. The lowest BCUT2D eigenvalue weighted by molar-refractivity contribution is -0.148. The van der Waals surface area contributed by atoms with Gasteiger partial charge in [0, 0.05) is 19.6 Å². The molecule has 1 N–H and O–H groups in total. The number of carbonyl (C=O) groups is 4. The number of nitrogens with zero attached hydrogens (tertiary/aromatic N) is 2.